The minimum atomic E-state index is 0.538. The summed E-state index contributed by atoms with van der Waals surface area (Å²) in [5, 5.41) is 8.54. The fourth-order valence-electron chi connectivity index (χ4n) is 2.29. The number of ether oxygens (including phenoxy) is 2. The fraction of sp³-hybridized carbons (Fsp3) is 0.368. The first-order chi connectivity index (χ1) is 11.8. The highest BCUT2D eigenvalue weighted by atomic mass is 16.5. The topological polar surface area (TPSA) is 46.4 Å². The molecule has 0 saturated heterocycles. The van der Waals surface area contributed by atoms with Crippen molar-refractivity contribution in [1.29, 1.82) is 0 Å². The van der Waals surface area contributed by atoms with Crippen LogP contribution in [0.3, 0.4) is 0 Å². The Morgan fingerprint density at radius 1 is 0.792 bits per heavy atom. The zero-order valence-electron chi connectivity index (χ0n) is 14.6. The molecular formula is C19H25N3O2. The highest BCUT2D eigenvalue weighted by Gasteiger charge is 2.01. The molecule has 0 aliphatic rings. The van der Waals surface area contributed by atoms with Gasteiger partial charge in [-0.25, -0.2) is 0 Å². The minimum absolute atomic E-state index is 0.538. The summed E-state index contributed by atoms with van der Waals surface area (Å²) in [5.41, 5.74) is 2.84. The third-order valence-electron chi connectivity index (χ3n) is 3.65. The lowest BCUT2D eigenvalue weighted by Gasteiger charge is -2.20. The van der Waals surface area contributed by atoms with Gasteiger partial charge >= 0.3 is 0 Å². The van der Waals surface area contributed by atoms with E-state index in [2.05, 4.69) is 41.1 Å². The molecule has 0 bridgehead atoms. The molecule has 0 fully saturated rings. The van der Waals surface area contributed by atoms with Crippen LogP contribution in [0.1, 0.15) is 13.8 Å². The van der Waals surface area contributed by atoms with Crippen molar-refractivity contribution in [3.05, 3.63) is 48.5 Å². The second kappa shape index (κ2) is 9.67. The summed E-state index contributed by atoms with van der Waals surface area (Å²) in [6, 6.07) is 15.7. The second-order valence-corrected chi connectivity index (χ2v) is 5.22. The molecule has 0 saturated carbocycles. The predicted octanol–water partition coefficient (Wildman–Crippen LogP) is 4.97. The third-order valence-corrected chi connectivity index (χ3v) is 3.65. The lowest BCUT2D eigenvalue weighted by atomic mass is 10.2. The molecule has 0 atom stereocenters. The van der Waals surface area contributed by atoms with Crippen molar-refractivity contribution in [2.24, 2.45) is 10.2 Å². The molecule has 0 amide bonds. The average Bonchev–Trinajstić information content (AvgIpc) is 2.63. The van der Waals surface area contributed by atoms with Crippen molar-refractivity contribution >= 4 is 17.1 Å². The predicted molar refractivity (Wildman–Crippen MR) is 98.0 cm³/mol. The molecule has 0 radical (unpaired) electrons. The summed E-state index contributed by atoms with van der Waals surface area (Å²) < 4.78 is 10.5. The lowest BCUT2D eigenvalue weighted by Crippen LogP contribution is -2.21. The van der Waals surface area contributed by atoms with Gasteiger partial charge in [-0.15, -0.1) is 0 Å². The Balaban J connectivity index is 1.95. The first-order valence-electron chi connectivity index (χ1n) is 8.25. The van der Waals surface area contributed by atoms with Gasteiger partial charge in [-0.05, 0) is 62.4 Å². The quantitative estimate of drug-likeness (QED) is 0.482. The van der Waals surface area contributed by atoms with Gasteiger partial charge < -0.3 is 14.4 Å². The Labute approximate surface area is 143 Å². The molecule has 0 heterocycles. The number of azo groups is 1. The third kappa shape index (κ3) is 5.35. The summed E-state index contributed by atoms with van der Waals surface area (Å²) in [4.78, 5) is 2.29. The number of rotatable bonds is 9. The lowest BCUT2D eigenvalue weighted by molar-refractivity contribution is 0.146. The van der Waals surface area contributed by atoms with Crippen LogP contribution < -0.4 is 9.64 Å². The fourth-order valence-corrected chi connectivity index (χ4v) is 2.29. The molecule has 5 nitrogen and oxygen atoms in total. The summed E-state index contributed by atoms with van der Waals surface area (Å²) in [6.45, 7) is 7.41. The molecule has 128 valence electrons. The van der Waals surface area contributed by atoms with Gasteiger partial charge in [0.25, 0.3) is 0 Å². The first kappa shape index (κ1) is 17.9. The van der Waals surface area contributed by atoms with Gasteiger partial charge in [0.15, 0.2) is 0 Å². The smallest absolute Gasteiger partial charge is 0.119 e. The molecule has 5 heteroatoms. The molecule has 24 heavy (non-hydrogen) atoms. The molecular weight excluding hydrogens is 302 g/mol. The van der Waals surface area contributed by atoms with Crippen LogP contribution in [-0.2, 0) is 4.74 Å². The van der Waals surface area contributed by atoms with Crippen LogP contribution >= 0.6 is 0 Å². The van der Waals surface area contributed by atoms with E-state index in [-0.39, 0.29) is 0 Å². The first-order valence-corrected chi connectivity index (χ1v) is 8.25. The van der Waals surface area contributed by atoms with E-state index in [9.17, 15) is 0 Å². The molecule has 0 aromatic heterocycles. The zero-order valence-corrected chi connectivity index (χ0v) is 14.6. The molecule has 2 aromatic rings. The maximum atomic E-state index is 5.52. The molecule has 2 aromatic carbocycles. The van der Waals surface area contributed by atoms with Crippen LogP contribution in [0, 0.1) is 0 Å². The molecule has 0 spiro atoms. The Bertz CT molecular complexity index is 620. The van der Waals surface area contributed by atoms with E-state index in [0.29, 0.717) is 13.2 Å². The second-order valence-electron chi connectivity index (χ2n) is 5.22. The van der Waals surface area contributed by atoms with Crippen LogP contribution in [0.15, 0.2) is 58.8 Å². The van der Waals surface area contributed by atoms with E-state index in [0.717, 1.165) is 30.2 Å². The highest BCUT2D eigenvalue weighted by Crippen LogP contribution is 2.23. The Kier molecular flexibility index (Phi) is 7.23. The van der Waals surface area contributed by atoms with Crippen LogP contribution in [0.25, 0.3) is 0 Å². The van der Waals surface area contributed by atoms with Crippen molar-refractivity contribution in [2.75, 3.05) is 38.3 Å². The van der Waals surface area contributed by atoms with E-state index in [4.69, 9.17) is 9.47 Å². The largest absolute Gasteiger partial charge is 0.491 e. The van der Waals surface area contributed by atoms with Gasteiger partial charge in [-0.2, -0.15) is 10.2 Å². The highest BCUT2D eigenvalue weighted by molar-refractivity contribution is 5.52. The maximum Gasteiger partial charge on any atom is 0.119 e. The number of benzene rings is 2. The van der Waals surface area contributed by atoms with Gasteiger partial charge in [-0.3, -0.25) is 0 Å². The van der Waals surface area contributed by atoms with Crippen molar-refractivity contribution < 1.29 is 9.47 Å². The number of hydrogen-bond acceptors (Lipinski definition) is 5. The normalized spacial score (nSPS) is 11.0. The van der Waals surface area contributed by atoms with E-state index in [1.807, 2.05) is 36.4 Å². The summed E-state index contributed by atoms with van der Waals surface area (Å²) in [7, 11) is 1.65. The van der Waals surface area contributed by atoms with E-state index >= 15 is 0 Å². The van der Waals surface area contributed by atoms with Gasteiger partial charge in [0.05, 0.1) is 18.0 Å². The molecule has 0 unspecified atom stereocenters. The SMILES string of the molecule is CCN(CC)c1ccc(/N=N/c2ccc(OCCOC)cc2)cc1. The number of methoxy groups -OCH3 is 1. The van der Waals surface area contributed by atoms with Crippen LogP contribution in [-0.4, -0.2) is 33.4 Å². The number of hydrogen-bond donors (Lipinski definition) is 0. The van der Waals surface area contributed by atoms with Crippen molar-refractivity contribution in [3.8, 4) is 5.75 Å². The van der Waals surface area contributed by atoms with Crippen molar-refractivity contribution in [1.82, 2.24) is 0 Å². The molecule has 0 aliphatic heterocycles. The summed E-state index contributed by atoms with van der Waals surface area (Å²) in [5.74, 6) is 0.801. The van der Waals surface area contributed by atoms with Crippen molar-refractivity contribution in [2.45, 2.75) is 13.8 Å². The Hall–Kier alpha value is -2.40. The van der Waals surface area contributed by atoms with Gasteiger partial charge in [0.1, 0.15) is 12.4 Å². The van der Waals surface area contributed by atoms with Crippen LogP contribution in [0.5, 0.6) is 5.75 Å². The monoisotopic (exact) mass is 327 g/mol. The van der Waals surface area contributed by atoms with Crippen molar-refractivity contribution in [3.63, 3.8) is 0 Å². The Morgan fingerprint density at radius 3 is 1.83 bits per heavy atom. The molecule has 2 rings (SSSR count). The number of anilines is 1. The molecule has 0 aliphatic carbocycles. The van der Waals surface area contributed by atoms with E-state index in [1.54, 1.807) is 7.11 Å². The zero-order chi connectivity index (χ0) is 17.2. The maximum absolute atomic E-state index is 5.52. The summed E-state index contributed by atoms with van der Waals surface area (Å²) in [6.07, 6.45) is 0. The Morgan fingerprint density at radius 2 is 1.33 bits per heavy atom. The summed E-state index contributed by atoms with van der Waals surface area (Å²) >= 11 is 0. The molecule has 0 N–H and O–H groups in total. The minimum Gasteiger partial charge on any atom is -0.491 e. The van der Waals surface area contributed by atoms with Gasteiger partial charge in [0.2, 0.25) is 0 Å². The van der Waals surface area contributed by atoms with E-state index < -0.39 is 0 Å². The van der Waals surface area contributed by atoms with Crippen LogP contribution in [0.2, 0.25) is 0 Å². The van der Waals surface area contributed by atoms with E-state index in [1.165, 1.54) is 5.69 Å². The number of nitrogens with zero attached hydrogens (tertiary/aromatic N) is 3. The average molecular weight is 327 g/mol. The standard InChI is InChI=1S/C19H25N3O2/c1-4-22(5-2)18-10-6-16(7-11-18)20-21-17-8-12-19(13-9-17)24-15-14-23-3/h6-13H,4-5,14-15H2,1-3H3/b21-20+. The van der Waals surface area contributed by atoms with Gasteiger partial charge in [0, 0.05) is 25.9 Å². The van der Waals surface area contributed by atoms with Gasteiger partial charge in [-0.1, -0.05) is 0 Å². The van der Waals surface area contributed by atoms with Crippen LogP contribution in [0.4, 0.5) is 17.1 Å².